The molecule has 0 saturated carbocycles. The van der Waals surface area contributed by atoms with Crippen molar-refractivity contribution in [3.8, 4) is 11.5 Å². The molecule has 3 N–H and O–H groups in total. The van der Waals surface area contributed by atoms with E-state index in [1.54, 1.807) is 30.7 Å². The molecule has 1 fully saturated rings. The standard InChI is InChI=1S/C23H23F2N5O3S/c24-16-4-3-15(17(25)12-16)13-28-21(32)23(6-9-26-10-7-23)30-20(31)14-34-22-27-8-5-18(29-22)19-2-1-11-33-19/h1-5,8,11-12,26H,6-7,9-10,13-14H2,(H,28,32)(H,30,31). The van der Waals surface area contributed by atoms with Gasteiger partial charge < -0.3 is 20.4 Å². The molecule has 2 aromatic heterocycles. The van der Waals surface area contributed by atoms with E-state index < -0.39 is 23.1 Å². The molecule has 1 saturated heterocycles. The van der Waals surface area contributed by atoms with E-state index in [0.29, 0.717) is 42.5 Å². The average Bonchev–Trinajstić information content (AvgIpc) is 3.38. The van der Waals surface area contributed by atoms with Gasteiger partial charge in [-0.15, -0.1) is 0 Å². The number of halogens is 2. The van der Waals surface area contributed by atoms with Gasteiger partial charge in [0.15, 0.2) is 10.9 Å². The first-order valence-electron chi connectivity index (χ1n) is 10.7. The van der Waals surface area contributed by atoms with Crippen LogP contribution in [0.2, 0.25) is 0 Å². The number of amides is 2. The van der Waals surface area contributed by atoms with E-state index in [4.69, 9.17) is 4.42 Å². The number of hydrogen-bond acceptors (Lipinski definition) is 7. The number of aromatic nitrogens is 2. The summed E-state index contributed by atoms with van der Waals surface area (Å²) in [6, 6.07) is 8.43. The Morgan fingerprint density at radius 3 is 2.74 bits per heavy atom. The number of furan rings is 1. The molecule has 3 heterocycles. The van der Waals surface area contributed by atoms with E-state index in [-0.39, 0.29) is 23.8 Å². The minimum absolute atomic E-state index is 0.0106. The lowest BCUT2D eigenvalue weighted by Gasteiger charge is -2.37. The number of nitrogens with zero attached hydrogens (tertiary/aromatic N) is 2. The Morgan fingerprint density at radius 1 is 1.18 bits per heavy atom. The molecule has 0 aliphatic carbocycles. The molecule has 1 aliphatic heterocycles. The first-order valence-corrected chi connectivity index (χ1v) is 11.7. The van der Waals surface area contributed by atoms with Crippen molar-refractivity contribution < 1.29 is 22.8 Å². The summed E-state index contributed by atoms with van der Waals surface area (Å²) in [5.41, 5.74) is -0.365. The quantitative estimate of drug-likeness (QED) is 0.331. The maximum Gasteiger partial charge on any atom is 0.246 e. The van der Waals surface area contributed by atoms with Crippen LogP contribution in [0.4, 0.5) is 8.78 Å². The molecule has 4 rings (SSSR count). The minimum atomic E-state index is -1.13. The van der Waals surface area contributed by atoms with Gasteiger partial charge in [-0.05, 0) is 50.2 Å². The van der Waals surface area contributed by atoms with E-state index in [2.05, 4.69) is 25.9 Å². The van der Waals surface area contributed by atoms with Crippen molar-refractivity contribution >= 4 is 23.6 Å². The smallest absolute Gasteiger partial charge is 0.246 e. The number of rotatable bonds is 8. The highest BCUT2D eigenvalue weighted by atomic mass is 32.2. The van der Waals surface area contributed by atoms with Crippen LogP contribution >= 0.6 is 11.8 Å². The second kappa shape index (κ2) is 10.7. The average molecular weight is 488 g/mol. The maximum absolute atomic E-state index is 13.9. The molecule has 11 heteroatoms. The summed E-state index contributed by atoms with van der Waals surface area (Å²) in [6.07, 6.45) is 3.89. The van der Waals surface area contributed by atoms with Crippen LogP contribution in [0.15, 0.2) is 58.4 Å². The molecule has 8 nitrogen and oxygen atoms in total. The zero-order valence-electron chi connectivity index (χ0n) is 18.1. The van der Waals surface area contributed by atoms with Gasteiger partial charge in [-0.25, -0.2) is 18.7 Å². The molecule has 0 bridgehead atoms. The number of hydrogen-bond donors (Lipinski definition) is 3. The van der Waals surface area contributed by atoms with Crippen molar-refractivity contribution in [2.24, 2.45) is 0 Å². The Bertz CT molecular complexity index is 1150. The summed E-state index contributed by atoms with van der Waals surface area (Å²) in [5.74, 6) is -1.58. The third-order valence-electron chi connectivity index (χ3n) is 5.46. The van der Waals surface area contributed by atoms with Gasteiger partial charge in [0.1, 0.15) is 22.9 Å². The Hall–Kier alpha value is -3.31. The Kier molecular flexibility index (Phi) is 7.53. The minimum Gasteiger partial charge on any atom is -0.463 e. The van der Waals surface area contributed by atoms with E-state index in [0.717, 1.165) is 23.9 Å². The van der Waals surface area contributed by atoms with Crippen molar-refractivity contribution in [3.63, 3.8) is 0 Å². The first kappa shape index (κ1) is 23.8. The summed E-state index contributed by atoms with van der Waals surface area (Å²) in [4.78, 5) is 34.4. The van der Waals surface area contributed by atoms with Crippen LogP contribution in [0, 0.1) is 11.6 Å². The van der Waals surface area contributed by atoms with Gasteiger partial charge in [-0.2, -0.15) is 0 Å². The van der Waals surface area contributed by atoms with Crippen LogP contribution in [0.25, 0.3) is 11.5 Å². The number of benzene rings is 1. The lowest BCUT2D eigenvalue weighted by Crippen LogP contribution is -2.63. The monoisotopic (exact) mass is 487 g/mol. The second-order valence-corrected chi connectivity index (χ2v) is 8.73. The molecule has 0 spiro atoms. The number of thioether (sulfide) groups is 1. The van der Waals surface area contributed by atoms with Gasteiger partial charge in [-0.3, -0.25) is 9.59 Å². The molecule has 178 valence electrons. The van der Waals surface area contributed by atoms with Crippen LogP contribution in [-0.2, 0) is 16.1 Å². The Balaban J connectivity index is 1.38. The summed E-state index contributed by atoms with van der Waals surface area (Å²) in [5, 5.41) is 9.12. The molecule has 0 radical (unpaired) electrons. The fourth-order valence-corrected chi connectivity index (χ4v) is 4.31. The SMILES string of the molecule is O=C(CSc1nccc(-c2ccco2)n1)NC1(C(=O)NCc2ccc(F)cc2F)CCNCC1. The molecule has 0 unspecified atom stereocenters. The van der Waals surface area contributed by atoms with E-state index in [1.807, 2.05) is 0 Å². The van der Waals surface area contributed by atoms with Gasteiger partial charge >= 0.3 is 0 Å². The van der Waals surface area contributed by atoms with Crippen LogP contribution < -0.4 is 16.0 Å². The van der Waals surface area contributed by atoms with E-state index >= 15 is 0 Å². The molecular weight excluding hydrogens is 464 g/mol. The van der Waals surface area contributed by atoms with E-state index in [1.165, 1.54) is 6.07 Å². The van der Waals surface area contributed by atoms with Gasteiger partial charge in [0.05, 0.1) is 12.0 Å². The summed E-state index contributed by atoms with van der Waals surface area (Å²) < 4.78 is 32.4. The predicted molar refractivity (Wildman–Crippen MR) is 122 cm³/mol. The zero-order valence-corrected chi connectivity index (χ0v) is 19.0. The topological polar surface area (TPSA) is 109 Å². The van der Waals surface area contributed by atoms with Crippen molar-refractivity contribution in [1.29, 1.82) is 0 Å². The Labute approximate surface area is 198 Å². The van der Waals surface area contributed by atoms with Crippen LogP contribution in [0.3, 0.4) is 0 Å². The zero-order chi connectivity index (χ0) is 24.0. The van der Waals surface area contributed by atoms with Gasteiger partial charge in [0, 0.05) is 24.4 Å². The van der Waals surface area contributed by atoms with Crippen molar-refractivity contribution in [2.75, 3.05) is 18.8 Å². The highest BCUT2D eigenvalue weighted by Gasteiger charge is 2.40. The van der Waals surface area contributed by atoms with Crippen molar-refractivity contribution in [1.82, 2.24) is 25.9 Å². The molecule has 3 aromatic rings. The second-order valence-electron chi connectivity index (χ2n) is 7.79. The third-order valence-corrected chi connectivity index (χ3v) is 6.33. The summed E-state index contributed by atoms with van der Waals surface area (Å²) in [7, 11) is 0. The van der Waals surface area contributed by atoms with Gasteiger partial charge in [0.25, 0.3) is 0 Å². The number of carbonyl (C=O) groups excluding carboxylic acids is 2. The fraction of sp³-hybridized carbons (Fsp3) is 0.304. The normalized spacial score (nSPS) is 15.0. The highest BCUT2D eigenvalue weighted by Crippen LogP contribution is 2.22. The van der Waals surface area contributed by atoms with Crippen LogP contribution in [0.1, 0.15) is 18.4 Å². The molecule has 2 amide bonds. The molecule has 1 aromatic carbocycles. The lowest BCUT2D eigenvalue weighted by atomic mass is 9.87. The molecule has 0 atom stereocenters. The molecular formula is C23H23F2N5O3S. The van der Waals surface area contributed by atoms with Crippen LogP contribution in [0.5, 0.6) is 0 Å². The number of piperidine rings is 1. The number of carbonyl (C=O) groups is 2. The fourth-order valence-electron chi connectivity index (χ4n) is 3.68. The third kappa shape index (κ3) is 5.78. The Morgan fingerprint density at radius 2 is 2.00 bits per heavy atom. The summed E-state index contributed by atoms with van der Waals surface area (Å²) >= 11 is 1.14. The van der Waals surface area contributed by atoms with Crippen molar-refractivity contribution in [2.45, 2.75) is 30.1 Å². The predicted octanol–water partition coefficient (Wildman–Crippen LogP) is 2.66. The highest BCUT2D eigenvalue weighted by molar-refractivity contribution is 7.99. The number of nitrogens with one attached hydrogen (secondary N) is 3. The van der Waals surface area contributed by atoms with Gasteiger partial charge in [-0.1, -0.05) is 17.8 Å². The molecule has 34 heavy (non-hydrogen) atoms. The molecule has 1 aliphatic rings. The largest absolute Gasteiger partial charge is 0.463 e. The lowest BCUT2D eigenvalue weighted by molar-refractivity contribution is -0.134. The van der Waals surface area contributed by atoms with E-state index in [9.17, 15) is 18.4 Å². The first-order chi connectivity index (χ1) is 16.4. The van der Waals surface area contributed by atoms with Gasteiger partial charge in [0.2, 0.25) is 11.8 Å². The summed E-state index contributed by atoms with van der Waals surface area (Å²) in [6.45, 7) is 0.971. The van der Waals surface area contributed by atoms with Crippen LogP contribution in [-0.4, -0.2) is 46.2 Å². The maximum atomic E-state index is 13.9. The van der Waals surface area contributed by atoms with Crippen molar-refractivity contribution in [3.05, 3.63) is 66.1 Å².